The van der Waals surface area contributed by atoms with Gasteiger partial charge in [0, 0.05) is 37.3 Å². The fourth-order valence-corrected chi connectivity index (χ4v) is 3.72. The molecule has 2 aliphatic rings. The van der Waals surface area contributed by atoms with Crippen molar-refractivity contribution in [2.24, 2.45) is 0 Å². The number of benzene rings is 1. The fraction of sp³-hybridized carbons (Fsp3) is 0.579. The quantitative estimate of drug-likeness (QED) is 0.852. The number of carbonyl (C=O) groups is 2. The molecule has 1 atom stereocenters. The first-order valence-electron chi connectivity index (χ1n) is 8.91. The first-order chi connectivity index (χ1) is 11.6. The summed E-state index contributed by atoms with van der Waals surface area (Å²) in [5.74, 6) is 0.751. The molecule has 0 spiro atoms. The van der Waals surface area contributed by atoms with Crippen molar-refractivity contribution < 1.29 is 14.3 Å². The van der Waals surface area contributed by atoms with E-state index >= 15 is 0 Å². The summed E-state index contributed by atoms with van der Waals surface area (Å²) >= 11 is 0. The molecule has 3 rings (SSSR count). The van der Waals surface area contributed by atoms with Crippen LogP contribution in [0.3, 0.4) is 0 Å². The first kappa shape index (κ1) is 16.8. The predicted octanol–water partition coefficient (Wildman–Crippen LogP) is 2.48. The third-order valence-electron chi connectivity index (χ3n) is 5.18. The molecule has 1 fully saturated rings. The van der Waals surface area contributed by atoms with Gasteiger partial charge in [-0.1, -0.05) is 13.0 Å². The molecule has 2 heterocycles. The zero-order valence-electron chi connectivity index (χ0n) is 14.6. The van der Waals surface area contributed by atoms with Gasteiger partial charge in [0.1, 0.15) is 5.75 Å². The van der Waals surface area contributed by atoms with Gasteiger partial charge in [-0.2, -0.15) is 0 Å². The molecular weight excluding hydrogens is 304 g/mol. The Hall–Kier alpha value is -2.04. The number of likely N-dealkylation sites (N-methyl/N-ethyl adjacent to an activating group) is 1. The fourth-order valence-electron chi connectivity index (χ4n) is 3.72. The van der Waals surface area contributed by atoms with Crippen molar-refractivity contribution in [3.63, 3.8) is 0 Å². The highest BCUT2D eigenvalue weighted by molar-refractivity contribution is 5.97. The molecule has 0 aromatic heterocycles. The van der Waals surface area contributed by atoms with Crippen molar-refractivity contribution in [2.75, 3.05) is 26.7 Å². The third kappa shape index (κ3) is 3.25. The van der Waals surface area contributed by atoms with E-state index in [2.05, 4.69) is 6.92 Å². The molecule has 0 saturated carbocycles. The lowest BCUT2D eigenvalue weighted by Crippen LogP contribution is -2.45. The molecule has 5 nitrogen and oxygen atoms in total. The van der Waals surface area contributed by atoms with E-state index in [-0.39, 0.29) is 18.4 Å². The van der Waals surface area contributed by atoms with Gasteiger partial charge in [-0.3, -0.25) is 9.59 Å². The van der Waals surface area contributed by atoms with Gasteiger partial charge in [-0.25, -0.2) is 0 Å². The van der Waals surface area contributed by atoms with E-state index in [4.69, 9.17) is 4.74 Å². The van der Waals surface area contributed by atoms with Crippen LogP contribution in [0.2, 0.25) is 0 Å². The van der Waals surface area contributed by atoms with E-state index in [0.717, 1.165) is 37.8 Å². The summed E-state index contributed by atoms with van der Waals surface area (Å²) in [4.78, 5) is 28.5. The number of fused-ring (bicyclic) bond motifs is 1. The maximum absolute atomic E-state index is 12.6. The Balaban J connectivity index is 1.69. The van der Waals surface area contributed by atoms with Gasteiger partial charge in [0.25, 0.3) is 11.8 Å². The van der Waals surface area contributed by atoms with Gasteiger partial charge in [-0.15, -0.1) is 0 Å². The molecule has 0 radical (unpaired) electrons. The van der Waals surface area contributed by atoms with Crippen LogP contribution in [-0.4, -0.2) is 54.4 Å². The van der Waals surface area contributed by atoms with Crippen molar-refractivity contribution >= 4 is 11.8 Å². The molecule has 5 heteroatoms. The summed E-state index contributed by atoms with van der Waals surface area (Å²) in [5, 5.41) is 0. The second-order valence-electron chi connectivity index (χ2n) is 6.69. The summed E-state index contributed by atoms with van der Waals surface area (Å²) in [5.41, 5.74) is 1.62. The van der Waals surface area contributed by atoms with Crippen LogP contribution in [0, 0.1) is 0 Å². The van der Waals surface area contributed by atoms with Crippen LogP contribution in [0.1, 0.15) is 48.5 Å². The van der Waals surface area contributed by atoms with Crippen LogP contribution >= 0.6 is 0 Å². The molecule has 2 amide bonds. The zero-order chi connectivity index (χ0) is 17.1. The topological polar surface area (TPSA) is 49.9 Å². The average molecular weight is 330 g/mol. The van der Waals surface area contributed by atoms with Gasteiger partial charge >= 0.3 is 0 Å². The minimum atomic E-state index is 0.0232. The van der Waals surface area contributed by atoms with Gasteiger partial charge < -0.3 is 14.5 Å². The Morgan fingerprint density at radius 3 is 2.92 bits per heavy atom. The lowest BCUT2D eigenvalue weighted by molar-refractivity contribution is -0.137. The standard InChI is InChI=1S/C19H26N2O3/c1-3-14-7-4-5-11-21(14)18(22)13-24-17-9-6-8-16-15(17)10-12-20(2)19(16)23/h6,8-9,14H,3-5,7,10-13H2,1-2H3/t14-/m0/s1. The SMILES string of the molecule is CC[C@H]1CCCCN1C(=O)COc1cccc2c1CCN(C)C2=O. The highest BCUT2D eigenvalue weighted by atomic mass is 16.5. The van der Waals surface area contributed by atoms with Crippen LogP contribution in [0.5, 0.6) is 5.75 Å². The van der Waals surface area contributed by atoms with E-state index in [0.29, 0.717) is 23.9 Å². The van der Waals surface area contributed by atoms with Crippen molar-refractivity contribution in [1.29, 1.82) is 0 Å². The molecule has 0 aliphatic carbocycles. The number of nitrogens with zero attached hydrogens (tertiary/aromatic N) is 2. The number of hydrogen-bond acceptors (Lipinski definition) is 3. The molecule has 1 aromatic carbocycles. The lowest BCUT2D eigenvalue weighted by atomic mass is 9.98. The molecular formula is C19H26N2O3. The molecule has 0 N–H and O–H groups in total. The average Bonchev–Trinajstić information content (AvgIpc) is 2.62. The van der Waals surface area contributed by atoms with E-state index < -0.39 is 0 Å². The van der Waals surface area contributed by atoms with E-state index in [1.165, 1.54) is 6.42 Å². The summed E-state index contributed by atoms with van der Waals surface area (Å²) in [6.45, 7) is 3.70. The Morgan fingerprint density at radius 1 is 1.29 bits per heavy atom. The Bertz CT molecular complexity index is 629. The number of rotatable bonds is 4. The summed E-state index contributed by atoms with van der Waals surface area (Å²) < 4.78 is 5.83. The molecule has 130 valence electrons. The van der Waals surface area contributed by atoms with Gasteiger partial charge in [0.05, 0.1) is 0 Å². The van der Waals surface area contributed by atoms with Gasteiger partial charge in [0.15, 0.2) is 6.61 Å². The number of amides is 2. The van der Waals surface area contributed by atoms with Crippen molar-refractivity contribution in [3.8, 4) is 5.75 Å². The molecule has 24 heavy (non-hydrogen) atoms. The molecule has 1 aromatic rings. The smallest absolute Gasteiger partial charge is 0.260 e. The number of likely N-dealkylation sites (tertiary alicyclic amines) is 1. The largest absolute Gasteiger partial charge is 0.483 e. The minimum Gasteiger partial charge on any atom is -0.483 e. The third-order valence-corrected chi connectivity index (χ3v) is 5.18. The number of piperidine rings is 1. The van der Waals surface area contributed by atoms with Crippen molar-refractivity contribution in [1.82, 2.24) is 9.80 Å². The highest BCUT2D eigenvalue weighted by Crippen LogP contribution is 2.28. The highest BCUT2D eigenvalue weighted by Gasteiger charge is 2.27. The first-order valence-corrected chi connectivity index (χ1v) is 8.91. The van der Waals surface area contributed by atoms with Crippen LogP contribution in [0.4, 0.5) is 0 Å². The Labute approximate surface area is 143 Å². The van der Waals surface area contributed by atoms with E-state index in [9.17, 15) is 9.59 Å². The monoisotopic (exact) mass is 330 g/mol. The lowest BCUT2D eigenvalue weighted by Gasteiger charge is -2.35. The van der Waals surface area contributed by atoms with Crippen molar-refractivity contribution in [3.05, 3.63) is 29.3 Å². The normalized spacial score (nSPS) is 20.8. The van der Waals surface area contributed by atoms with Crippen molar-refractivity contribution in [2.45, 2.75) is 45.1 Å². The number of hydrogen-bond donors (Lipinski definition) is 0. The maximum Gasteiger partial charge on any atom is 0.260 e. The second kappa shape index (κ2) is 7.24. The Morgan fingerprint density at radius 2 is 2.12 bits per heavy atom. The van der Waals surface area contributed by atoms with Crippen LogP contribution in [0.25, 0.3) is 0 Å². The minimum absolute atomic E-state index is 0.0232. The zero-order valence-corrected chi connectivity index (χ0v) is 14.6. The Kier molecular flexibility index (Phi) is 5.07. The predicted molar refractivity (Wildman–Crippen MR) is 92.2 cm³/mol. The summed E-state index contributed by atoms with van der Waals surface area (Å²) in [6.07, 6.45) is 5.12. The van der Waals surface area contributed by atoms with E-state index in [1.807, 2.05) is 30.1 Å². The molecule has 0 bridgehead atoms. The molecule has 2 aliphatic heterocycles. The van der Waals surface area contributed by atoms with Gasteiger partial charge in [0.2, 0.25) is 0 Å². The summed E-state index contributed by atoms with van der Waals surface area (Å²) in [6, 6.07) is 5.86. The number of carbonyl (C=O) groups excluding carboxylic acids is 2. The van der Waals surface area contributed by atoms with Crippen LogP contribution in [0.15, 0.2) is 18.2 Å². The summed E-state index contributed by atoms with van der Waals surface area (Å²) in [7, 11) is 1.81. The maximum atomic E-state index is 12.6. The van der Waals surface area contributed by atoms with E-state index in [1.54, 1.807) is 4.90 Å². The molecule has 0 unspecified atom stereocenters. The van der Waals surface area contributed by atoms with Gasteiger partial charge in [-0.05, 0) is 44.2 Å². The molecule has 1 saturated heterocycles. The number of ether oxygens (including phenoxy) is 1. The van der Waals surface area contributed by atoms with Crippen LogP contribution < -0.4 is 4.74 Å². The second-order valence-corrected chi connectivity index (χ2v) is 6.69. The van der Waals surface area contributed by atoms with Crippen LogP contribution in [-0.2, 0) is 11.2 Å².